The minimum Gasteiger partial charge on any atom is -0.497 e. The molecule has 1 aromatic carbocycles. The summed E-state index contributed by atoms with van der Waals surface area (Å²) < 4.78 is 5.03. The van der Waals surface area contributed by atoms with E-state index in [0.29, 0.717) is 22.1 Å². The van der Waals surface area contributed by atoms with Crippen molar-refractivity contribution >= 4 is 29.1 Å². The SMILES string of the molecule is COc1ccc(C(=O)NCC(=O)NNC(=O)c2cc3c(s2)CCC(C)C3)cc1. The van der Waals surface area contributed by atoms with Gasteiger partial charge in [-0.1, -0.05) is 6.92 Å². The normalized spacial score (nSPS) is 15.3. The largest absolute Gasteiger partial charge is 0.497 e. The average molecular weight is 401 g/mol. The van der Waals surface area contributed by atoms with Crippen molar-refractivity contribution in [2.24, 2.45) is 5.92 Å². The lowest BCUT2D eigenvalue weighted by Crippen LogP contribution is -2.46. The van der Waals surface area contributed by atoms with Gasteiger partial charge in [0.25, 0.3) is 17.7 Å². The van der Waals surface area contributed by atoms with Crippen molar-refractivity contribution in [1.29, 1.82) is 0 Å². The van der Waals surface area contributed by atoms with Gasteiger partial charge in [-0.15, -0.1) is 11.3 Å². The Bertz CT molecular complexity index is 876. The van der Waals surface area contributed by atoms with Crippen molar-refractivity contribution in [3.8, 4) is 5.75 Å². The Morgan fingerprint density at radius 2 is 1.89 bits per heavy atom. The summed E-state index contributed by atoms with van der Waals surface area (Å²) >= 11 is 1.47. The number of hydrazine groups is 1. The summed E-state index contributed by atoms with van der Waals surface area (Å²) in [4.78, 5) is 38.0. The molecule has 1 aliphatic carbocycles. The van der Waals surface area contributed by atoms with Crippen LogP contribution in [-0.4, -0.2) is 31.4 Å². The summed E-state index contributed by atoms with van der Waals surface area (Å²) in [6.07, 6.45) is 3.13. The quantitative estimate of drug-likeness (QED) is 0.669. The van der Waals surface area contributed by atoms with E-state index >= 15 is 0 Å². The first-order valence-corrected chi connectivity index (χ1v) is 9.91. The van der Waals surface area contributed by atoms with Gasteiger partial charge in [0.15, 0.2) is 0 Å². The molecule has 3 N–H and O–H groups in total. The Morgan fingerprint density at radius 1 is 1.14 bits per heavy atom. The van der Waals surface area contributed by atoms with E-state index < -0.39 is 5.91 Å². The summed E-state index contributed by atoms with van der Waals surface area (Å²) in [6, 6.07) is 8.44. The second kappa shape index (κ2) is 8.88. The zero-order chi connectivity index (χ0) is 20.1. The van der Waals surface area contributed by atoms with E-state index in [4.69, 9.17) is 4.74 Å². The van der Waals surface area contributed by atoms with Crippen LogP contribution in [0.1, 0.15) is 43.8 Å². The number of carbonyl (C=O) groups is 3. The zero-order valence-electron chi connectivity index (χ0n) is 15.8. The number of fused-ring (bicyclic) bond motifs is 1. The van der Waals surface area contributed by atoms with Crippen molar-refractivity contribution in [3.63, 3.8) is 0 Å². The minimum atomic E-state index is -0.509. The average Bonchev–Trinajstić information content (AvgIpc) is 3.13. The second-order valence-electron chi connectivity index (χ2n) is 6.82. The van der Waals surface area contributed by atoms with Crippen LogP contribution < -0.4 is 20.9 Å². The van der Waals surface area contributed by atoms with Gasteiger partial charge in [0.1, 0.15) is 5.75 Å². The van der Waals surface area contributed by atoms with Gasteiger partial charge in [-0.25, -0.2) is 0 Å². The highest BCUT2D eigenvalue weighted by atomic mass is 32.1. The lowest BCUT2D eigenvalue weighted by atomic mass is 9.90. The molecular formula is C20H23N3O4S. The highest BCUT2D eigenvalue weighted by Gasteiger charge is 2.21. The van der Waals surface area contributed by atoms with Crippen LogP contribution in [0, 0.1) is 5.92 Å². The predicted molar refractivity (Wildman–Crippen MR) is 106 cm³/mol. The molecule has 1 unspecified atom stereocenters. The number of hydrogen-bond donors (Lipinski definition) is 3. The lowest BCUT2D eigenvalue weighted by Gasteiger charge is -2.16. The molecular weight excluding hydrogens is 378 g/mol. The van der Waals surface area contributed by atoms with Gasteiger partial charge in [0, 0.05) is 10.4 Å². The van der Waals surface area contributed by atoms with Crippen molar-refractivity contribution in [2.45, 2.75) is 26.2 Å². The third kappa shape index (κ3) is 4.89. The molecule has 1 heterocycles. The number of methoxy groups -OCH3 is 1. The Balaban J connectivity index is 1.45. The van der Waals surface area contributed by atoms with E-state index in [0.717, 1.165) is 19.3 Å². The third-order valence-electron chi connectivity index (χ3n) is 4.63. The molecule has 0 saturated heterocycles. The number of rotatable bonds is 5. The summed E-state index contributed by atoms with van der Waals surface area (Å²) in [7, 11) is 1.54. The van der Waals surface area contributed by atoms with Crippen LogP contribution in [0.4, 0.5) is 0 Å². The van der Waals surface area contributed by atoms with E-state index in [1.165, 1.54) is 21.8 Å². The van der Waals surface area contributed by atoms with Gasteiger partial charge in [0.05, 0.1) is 18.5 Å². The number of thiophene rings is 1. The number of amides is 3. The van der Waals surface area contributed by atoms with Crippen LogP contribution in [0.25, 0.3) is 0 Å². The van der Waals surface area contributed by atoms with Gasteiger partial charge in [-0.3, -0.25) is 25.2 Å². The summed E-state index contributed by atoms with van der Waals surface area (Å²) in [5.41, 5.74) is 6.37. The van der Waals surface area contributed by atoms with Crippen LogP contribution in [0.2, 0.25) is 0 Å². The fourth-order valence-corrected chi connectivity index (χ4v) is 4.16. The topological polar surface area (TPSA) is 96.5 Å². The molecule has 0 radical (unpaired) electrons. The Hall–Kier alpha value is -2.87. The molecule has 3 rings (SSSR count). The van der Waals surface area contributed by atoms with Gasteiger partial charge >= 0.3 is 0 Å². The maximum atomic E-state index is 12.3. The van der Waals surface area contributed by atoms with E-state index in [9.17, 15) is 14.4 Å². The molecule has 8 heteroatoms. The number of ether oxygens (including phenoxy) is 1. The number of hydrogen-bond acceptors (Lipinski definition) is 5. The Kier molecular flexibility index (Phi) is 6.30. The fourth-order valence-electron chi connectivity index (χ4n) is 3.05. The maximum Gasteiger partial charge on any atom is 0.279 e. The van der Waals surface area contributed by atoms with E-state index in [1.807, 2.05) is 6.07 Å². The number of nitrogens with one attached hydrogen (secondary N) is 3. The van der Waals surface area contributed by atoms with Crippen LogP contribution >= 0.6 is 11.3 Å². The van der Waals surface area contributed by atoms with Crippen LogP contribution in [0.15, 0.2) is 30.3 Å². The molecule has 2 aromatic rings. The third-order valence-corrected chi connectivity index (χ3v) is 5.87. The number of aryl methyl sites for hydroxylation is 1. The molecule has 0 spiro atoms. The van der Waals surface area contributed by atoms with Gasteiger partial charge in [-0.05, 0) is 61.1 Å². The molecule has 0 aliphatic heterocycles. The standard InChI is InChI=1S/C20H23N3O4S/c1-12-3-8-16-14(9-12)10-17(28-16)20(26)23-22-18(24)11-21-19(25)13-4-6-15(27-2)7-5-13/h4-7,10,12H,3,8-9,11H2,1-2H3,(H,21,25)(H,22,24)(H,23,26). The highest BCUT2D eigenvalue weighted by molar-refractivity contribution is 7.14. The minimum absolute atomic E-state index is 0.246. The predicted octanol–water partition coefficient (Wildman–Crippen LogP) is 2.07. The molecule has 0 saturated carbocycles. The molecule has 1 aromatic heterocycles. The smallest absolute Gasteiger partial charge is 0.279 e. The molecule has 1 atom stereocenters. The first-order chi connectivity index (χ1) is 13.5. The molecule has 0 fully saturated rings. The van der Waals surface area contributed by atoms with Crippen molar-refractivity contribution in [1.82, 2.24) is 16.2 Å². The van der Waals surface area contributed by atoms with E-state index in [1.54, 1.807) is 31.4 Å². The van der Waals surface area contributed by atoms with Crippen molar-refractivity contribution in [2.75, 3.05) is 13.7 Å². The first-order valence-electron chi connectivity index (χ1n) is 9.09. The zero-order valence-corrected chi connectivity index (χ0v) is 16.7. The van der Waals surface area contributed by atoms with Crippen LogP contribution in [-0.2, 0) is 17.6 Å². The van der Waals surface area contributed by atoms with E-state index in [-0.39, 0.29) is 18.4 Å². The molecule has 7 nitrogen and oxygen atoms in total. The van der Waals surface area contributed by atoms with Crippen LogP contribution in [0.5, 0.6) is 5.75 Å². The fraction of sp³-hybridized carbons (Fsp3) is 0.350. The van der Waals surface area contributed by atoms with Gasteiger partial charge < -0.3 is 10.1 Å². The first kappa shape index (κ1) is 19.9. The molecule has 28 heavy (non-hydrogen) atoms. The molecule has 1 aliphatic rings. The molecule has 148 valence electrons. The summed E-state index contributed by atoms with van der Waals surface area (Å²) in [5, 5.41) is 2.50. The van der Waals surface area contributed by atoms with Crippen LogP contribution in [0.3, 0.4) is 0 Å². The van der Waals surface area contributed by atoms with E-state index in [2.05, 4.69) is 23.1 Å². The number of carbonyl (C=O) groups excluding carboxylic acids is 3. The molecule has 0 bridgehead atoms. The summed E-state index contributed by atoms with van der Waals surface area (Å²) in [5.74, 6) is 0.0324. The van der Waals surface area contributed by atoms with Gasteiger partial charge in [-0.2, -0.15) is 0 Å². The monoisotopic (exact) mass is 401 g/mol. The molecule has 3 amide bonds. The second-order valence-corrected chi connectivity index (χ2v) is 7.96. The lowest BCUT2D eigenvalue weighted by molar-refractivity contribution is -0.120. The highest BCUT2D eigenvalue weighted by Crippen LogP contribution is 2.32. The maximum absolute atomic E-state index is 12.3. The Morgan fingerprint density at radius 3 is 2.61 bits per heavy atom. The van der Waals surface area contributed by atoms with Gasteiger partial charge in [0.2, 0.25) is 0 Å². The van der Waals surface area contributed by atoms with Crippen molar-refractivity contribution in [3.05, 3.63) is 51.2 Å². The Labute approximate surface area is 167 Å². The number of benzene rings is 1. The summed E-state index contributed by atoms with van der Waals surface area (Å²) in [6.45, 7) is 1.96. The van der Waals surface area contributed by atoms with Crippen molar-refractivity contribution < 1.29 is 19.1 Å².